The summed E-state index contributed by atoms with van der Waals surface area (Å²) in [5, 5.41) is 3.18. The van der Waals surface area contributed by atoms with Gasteiger partial charge in [0.05, 0.1) is 0 Å². The number of hydrogen-bond acceptors (Lipinski definition) is 3. The van der Waals surface area contributed by atoms with E-state index >= 15 is 0 Å². The van der Waals surface area contributed by atoms with Gasteiger partial charge in [-0.05, 0) is 48.8 Å². The lowest BCUT2D eigenvalue weighted by Gasteiger charge is -2.13. The van der Waals surface area contributed by atoms with Crippen LogP contribution in [0.2, 0.25) is 0 Å². The number of carbonyl (C=O) groups is 1. The quantitative estimate of drug-likeness (QED) is 0.564. The van der Waals surface area contributed by atoms with Crippen molar-refractivity contribution in [2.45, 2.75) is 26.6 Å². The Hall–Kier alpha value is -2.03. The van der Waals surface area contributed by atoms with Gasteiger partial charge in [0.2, 0.25) is 0 Å². The molecular weight excluding hydrogens is 331 g/mol. The number of carbonyl (C=O) groups excluding carboxylic acids is 1. The Labute approximate surface area is 137 Å². The van der Waals surface area contributed by atoms with Gasteiger partial charge in [-0.2, -0.15) is 0 Å². The monoisotopic (exact) mass is 349 g/mol. The van der Waals surface area contributed by atoms with Gasteiger partial charge < -0.3 is 10.1 Å². The second-order valence-corrected chi connectivity index (χ2v) is 5.50. The number of benzene rings is 1. The van der Waals surface area contributed by atoms with Crippen molar-refractivity contribution in [3.05, 3.63) is 29.8 Å². The molecule has 0 saturated heterocycles. The number of hydrogen-bond donors (Lipinski definition) is 3. The summed E-state index contributed by atoms with van der Waals surface area (Å²) in [6.45, 7) is 4.82. The molecule has 1 aromatic carbocycles. The zero-order valence-corrected chi connectivity index (χ0v) is 13.5. The topological polar surface area (TPSA) is 62.4 Å². The second-order valence-electron chi connectivity index (χ2n) is 5.09. The molecule has 128 valence electrons. The highest BCUT2D eigenvalue weighted by Gasteiger charge is 2.31. The standard InChI is InChI=1S/C14H18F3N3O2S/c1-9(2)7-8-18-13(23)20-19-12(21)10-3-5-11(6-4-10)22-14(15,16)17/h3-6,9H,7-8H2,1-2H3,(H,19,21)(H2,18,20,23). The fourth-order valence-corrected chi connectivity index (χ4v) is 1.67. The molecule has 1 amide bonds. The van der Waals surface area contributed by atoms with E-state index in [1.165, 1.54) is 12.1 Å². The van der Waals surface area contributed by atoms with Crippen LogP contribution < -0.4 is 20.9 Å². The van der Waals surface area contributed by atoms with E-state index in [4.69, 9.17) is 12.2 Å². The van der Waals surface area contributed by atoms with Crippen molar-refractivity contribution in [1.29, 1.82) is 0 Å². The molecule has 0 heterocycles. The maximum atomic E-state index is 12.0. The van der Waals surface area contributed by atoms with Crippen LogP contribution in [0, 0.1) is 5.92 Å². The molecule has 0 bridgehead atoms. The van der Waals surface area contributed by atoms with Gasteiger partial charge in [0.25, 0.3) is 5.91 Å². The summed E-state index contributed by atoms with van der Waals surface area (Å²) < 4.78 is 39.8. The predicted molar refractivity (Wildman–Crippen MR) is 83.8 cm³/mol. The molecule has 0 atom stereocenters. The zero-order chi connectivity index (χ0) is 17.5. The molecule has 0 radical (unpaired) electrons. The van der Waals surface area contributed by atoms with Gasteiger partial charge in [-0.3, -0.25) is 15.6 Å². The van der Waals surface area contributed by atoms with Crippen LogP contribution in [0.4, 0.5) is 13.2 Å². The maximum Gasteiger partial charge on any atom is 0.573 e. The number of alkyl halides is 3. The van der Waals surface area contributed by atoms with Gasteiger partial charge in [0.15, 0.2) is 5.11 Å². The maximum absolute atomic E-state index is 12.0. The number of ether oxygens (including phenoxy) is 1. The summed E-state index contributed by atoms with van der Waals surface area (Å²) in [6.07, 6.45) is -3.84. The molecule has 3 N–H and O–H groups in total. The molecule has 0 saturated carbocycles. The Morgan fingerprint density at radius 2 is 1.83 bits per heavy atom. The number of thiocarbonyl (C=S) groups is 1. The number of amides is 1. The van der Waals surface area contributed by atoms with E-state index in [2.05, 4.69) is 34.8 Å². The summed E-state index contributed by atoms with van der Waals surface area (Å²) >= 11 is 4.97. The zero-order valence-electron chi connectivity index (χ0n) is 12.7. The summed E-state index contributed by atoms with van der Waals surface area (Å²) in [5.41, 5.74) is 5.03. The van der Waals surface area contributed by atoms with Crippen LogP contribution in [0.3, 0.4) is 0 Å². The van der Waals surface area contributed by atoms with Crippen molar-refractivity contribution in [1.82, 2.24) is 16.2 Å². The normalized spacial score (nSPS) is 11.0. The molecule has 0 aliphatic carbocycles. The molecule has 0 fully saturated rings. The van der Waals surface area contributed by atoms with Gasteiger partial charge in [0, 0.05) is 12.1 Å². The van der Waals surface area contributed by atoms with Gasteiger partial charge in [-0.15, -0.1) is 13.2 Å². The highest BCUT2D eigenvalue weighted by Crippen LogP contribution is 2.22. The van der Waals surface area contributed by atoms with Crippen LogP contribution in [-0.4, -0.2) is 23.9 Å². The number of hydrazine groups is 1. The molecule has 5 nitrogen and oxygen atoms in total. The van der Waals surface area contributed by atoms with Crippen LogP contribution in [0.25, 0.3) is 0 Å². The highest BCUT2D eigenvalue weighted by molar-refractivity contribution is 7.80. The Kier molecular flexibility index (Phi) is 7.08. The van der Waals surface area contributed by atoms with E-state index in [1.54, 1.807) is 0 Å². The highest BCUT2D eigenvalue weighted by atomic mass is 32.1. The first-order chi connectivity index (χ1) is 10.7. The first kappa shape index (κ1) is 19.0. The molecule has 1 rings (SSSR count). The minimum Gasteiger partial charge on any atom is -0.406 e. The molecule has 0 spiro atoms. The third-order valence-electron chi connectivity index (χ3n) is 2.65. The molecule has 0 unspecified atom stereocenters. The van der Waals surface area contributed by atoms with Crippen molar-refractivity contribution in [3.63, 3.8) is 0 Å². The van der Waals surface area contributed by atoms with E-state index in [1.807, 2.05) is 0 Å². The Balaban J connectivity index is 2.41. The lowest BCUT2D eigenvalue weighted by molar-refractivity contribution is -0.274. The van der Waals surface area contributed by atoms with E-state index in [0.717, 1.165) is 18.6 Å². The van der Waals surface area contributed by atoms with Crippen molar-refractivity contribution in [2.24, 2.45) is 5.92 Å². The molecule has 9 heteroatoms. The van der Waals surface area contributed by atoms with Gasteiger partial charge >= 0.3 is 6.36 Å². The molecule has 0 aliphatic rings. The average Bonchev–Trinajstić information content (AvgIpc) is 2.43. The van der Waals surface area contributed by atoms with E-state index in [0.29, 0.717) is 12.5 Å². The first-order valence-electron chi connectivity index (χ1n) is 6.87. The van der Waals surface area contributed by atoms with Crippen LogP contribution in [0.5, 0.6) is 5.75 Å². The van der Waals surface area contributed by atoms with E-state index in [-0.39, 0.29) is 10.7 Å². The molecular formula is C14H18F3N3O2S. The number of rotatable bonds is 5. The van der Waals surface area contributed by atoms with Crippen LogP contribution in [0.15, 0.2) is 24.3 Å². The summed E-state index contributed by atoms with van der Waals surface area (Å²) in [7, 11) is 0. The minimum absolute atomic E-state index is 0.164. The molecule has 23 heavy (non-hydrogen) atoms. The number of nitrogens with one attached hydrogen (secondary N) is 3. The second kappa shape index (κ2) is 8.56. The van der Waals surface area contributed by atoms with Crippen LogP contribution in [0.1, 0.15) is 30.6 Å². The smallest absolute Gasteiger partial charge is 0.406 e. The number of halogens is 3. The molecule has 1 aromatic rings. The third-order valence-corrected chi connectivity index (χ3v) is 2.89. The summed E-state index contributed by atoms with van der Waals surface area (Å²) in [5.74, 6) is -0.401. The van der Waals surface area contributed by atoms with Gasteiger partial charge in [-0.25, -0.2) is 0 Å². The van der Waals surface area contributed by atoms with Gasteiger partial charge in [-0.1, -0.05) is 13.8 Å². The van der Waals surface area contributed by atoms with E-state index in [9.17, 15) is 18.0 Å². The minimum atomic E-state index is -4.76. The predicted octanol–water partition coefficient (Wildman–Crippen LogP) is 2.74. The Morgan fingerprint density at radius 1 is 1.22 bits per heavy atom. The Bertz CT molecular complexity index is 533. The first-order valence-corrected chi connectivity index (χ1v) is 7.28. The molecule has 0 aliphatic heterocycles. The average molecular weight is 349 g/mol. The SMILES string of the molecule is CC(C)CCNC(=S)NNC(=O)c1ccc(OC(F)(F)F)cc1. The summed E-state index contributed by atoms with van der Waals surface area (Å²) in [4.78, 5) is 11.8. The third kappa shape index (κ3) is 8.24. The van der Waals surface area contributed by atoms with Crippen LogP contribution in [-0.2, 0) is 0 Å². The van der Waals surface area contributed by atoms with Crippen LogP contribution >= 0.6 is 12.2 Å². The van der Waals surface area contributed by atoms with Crippen molar-refractivity contribution < 1.29 is 22.7 Å². The van der Waals surface area contributed by atoms with Crippen molar-refractivity contribution >= 4 is 23.2 Å². The van der Waals surface area contributed by atoms with Crippen molar-refractivity contribution in [2.75, 3.05) is 6.54 Å². The fraction of sp³-hybridized carbons (Fsp3) is 0.429. The Morgan fingerprint density at radius 3 is 2.35 bits per heavy atom. The lowest BCUT2D eigenvalue weighted by atomic mass is 10.1. The summed E-state index contributed by atoms with van der Waals surface area (Å²) in [6, 6.07) is 4.55. The van der Waals surface area contributed by atoms with Crippen molar-refractivity contribution in [3.8, 4) is 5.75 Å². The van der Waals surface area contributed by atoms with E-state index < -0.39 is 18.0 Å². The lowest BCUT2D eigenvalue weighted by Crippen LogP contribution is -2.47. The largest absolute Gasteiger partial charge is 0.573 e. The molecule has 0 aromatic heterocycles. The van der Waals surface area contributed by atoms with Gasteiger partial charge in [0.1, 0.15) is 5.75 Å². The fourth-order valence-electron chi connectivity index (χ4n) is 1.51.